The highest BCUT2D eigenvalue weighted by Crippen LogP contribution is 2.20. The molecular formula is C20H22N2O4. The lowest BCUT2D eigenvalue weighted by Crippen LogP contribution is -2.26. The maximum absolute atomic E-state index is 11.8. The van der Waals surface area contributed by atoms with Crippen LogP contribution in [0.1, 0.15) is 39.1 Å². The molecule has 0 unspecified atom stereocenters. The second kappa shape index (κ2) is 8.08. The molecule has 26 heavy (non-hydrogen) atoms. The van der Waals surface area contributed by atoms with Crippen molar-refractivity contribution < 1.29 is 19.2 Å². The van der Waals surface area contributed by atoms with Crippen LogP contribution in [-0.4, -0.2) is 33.1 Å². The minimum atomic E-state index is -0.808. The molecule has 0 saturated carbocycles. The normalized spacial score (nSPS) is 11.2. The first-order valence-electron chi connectivity index (χ1n) is 8.47. The number of benzene rings is 1. The van der Waals surface area contributed by atoms with Crippen LogP contribution in [0, 0.1) is 11.8 Å². The second-order valence-corrected chi connectivity index (χ2v) is 6.56. The van der Waals surface area contributed by atoms with E-state index in [1.54, 1.807) is 12.1 Å². The zero-order valence-electron chi connectivity index (χ0n) is 15.4. The molecular weight excluding hydrogens is 332 g/mol. The predicted molar refractivity (Wildman–Crippen MR) is 96.7 cm³/mol. The van der Waals surface area contributed by atoms with Gasteiger partial charge in [-0.15, -0.1) is 0 Å². The van der Waals surface area contributed by atoms with Gasteiger partial charge in [-0.25, -0.2) is 9.97 Å². The van der Waals surface area contributed by atoms with Gasteiger partial charge < -0.3 is 0 Å². The molecule has 0 amide bonds. The van der Waals surface area contributed by atoms with Crippen LogP contribution < -0.4 is 0 Å². The van der Waals surface area contributed by atoms with Crippen LogP contribution in [0.15, 0.2) is 24.3 Å². The SMILES string of the molecule is CC(=O)C(Cc1nc2ccccc2nc1CC(C(C)=O)C(C)=O)C(C)=O. The van der Waals surface area contributed by atoms with Gasteiger partial charge in [-0.1, -0.05) is 12.1 Å². The van der Waals surface area contributed by atoms with Gasteiger partial charge in [0.25, 0.3) is 0 Å². The van der Waals surface area contributed by atoms with Crippen LogP contribution in [0.4, 0.5) is 0 Å². The third-order valence-corrected chi connectivity index (χ3v) is 4.48. The van der Waals surface area contributed by atoms with Crippen molar-refractivity contribution in [1.29, 1.82) is 0 Å². The minimum Gasteiger partial charge on any atom is -0.299 e. The molecule has 1 heterocycles. The summed E-state index contributed by atoms with van der Waals surface area (Å²) in [7, 11) is 0. The number of para-hydroxylation sites is 2. The molecule has 0 atom stereocenters. The molecule has 1 aromatic carbocycles. The summed E-state index contributed by atoms with van der Waals surface area (Å²) in [5.41, 5.74) is 2.23. The Morgan fingerprint density at radius 3 is 1.27 bits per heavy atom. The number of nitrogens with zero attached hydrogens (tertiary/aromatic N) is 2. The average Bonchev–Trinajstić information content (AvgIpc) is 2.55. The predicted octanol–water partition coefficient (Wildman–Crippen LogP) is 2.30. The first kappa shape index (κ1) is 19.6. The molecule has 0 N–H and O–H groups in total. The topological polar surface area (TPSA) is 94.1 Å². The summed E-state index contributed by atoms with van der Waals surface area (Å²) in [4.78, 5) is 56.4. The average molecular weight is 354 g/mol. The maximum atomic E-state index is 11.8. The Bertz CT molecular complexity index is 788. The van der Waals surface area contributed by atoms with Gasteiger partial charge in [-0.05, 0) is 39.8 Å². The van der Waals surface area contributed by atoms with Crippen molar-refractivity contribution in [2.45, 2.75) is 40.5 Å². The van der Waals surface area contributed by atoms with E-state index in [1.165, 1.54) is 27.7 Å². The van der Waals surface area contributed by atoms with E-state index in [0.29, 0.717) is 22.4 Å². The molecule has 6 nitrogen and oxygen atoms in total. The number of hydrogen-bond acceptors (Lipinski definition) is 6. The van der Waals surface area contributed by atoms with Crippen LogP contribution in [-0.2, 0) is 32.0 Å². The van der Waals surface area contributed by atoms with Gasteiger partial charge in [0.2, 0.25) is 0 Å². The highest BCUT2D eigenvalue weighted by Gasteiger charge is 2.26. The van der Waals surface area contributed by atoms with Crippen molar-refractivity contribution >= 4 is 34.2 Å². The van der Waals surface area contributed by atoms with Crippen LogP contribution in [0.5, 0.6) is 0 Å². The third-order valence-electron chi connectivity index (χ3n) is 4.48. The van der Waals surface area contributed by atoms with Crippen molar-refractivity contribution in [3.05, 3.63) is 35.7 Å². The lowest BCUT2D eigenvalue weighted by Gasteiger charge is -2.16. The molecule has 0 radical (unpaired) electrons. The summed E-state index contributed by atoms with van der Waals surface area (Å²) in [5, 5.41) is 0. The van der Waals surface area contributed by atoms with E-state index in [9.17, 15) is 19.2 Å². The Hall–Kier alpha value is -2.76. The Morgan fingerprint density at radius 2 is 1.00 bits per heavy atom. The summed E-state index contributed by atoms with van der Waals surface area (Å²) in [6, 6.07) is 7.23. The first-order valence-corrected chi connectivity index (χ1v) is 8.47. The molecule has 0 bridgehead atoms. The first-order chi connectivity index (χ1) is 12.2. The lowest BCUT2D eigenvalue weighted by molar-refractivity contribution is -0.132. The Balaban J connectivity index is 2.54. The Kier molecular flexibility index (Phi) is 6.08. The van der Waals surface area contributed by atoms with E-state index in [-0.39, 0.29) is 36.0 Å². The molecule has 2 aromatic rings. The number of fused-ring (bicyclic) bond motifs is 1. The van der Waals surface area contributed by atoms with Crippen molar-refractivity contribution in [1.82, 2.24) is 9.97 Å². The molecule has 0 aliphatic heterocycles. The van der Waals surface area contributed by atoms with Crippen LogP contribution in [0.3, 0.4) is 0 Å². The van der Waals surface area contributed by atoms with Crippen LogP contribution >= 0.6 is 0 Å². The van der Waals surface area contributed by atoms with Crippen molar-refractivity contribution in [3.63, 3.8) is 0 Å². The number of hydrogen-bond donors (Lipinski definition) is 0. The van der Waals surface area contributed by atoms with Crippen LogP contribution in [0.25, 0.3) is 11.0 Å². The summed E-state index contributed by atoms with van der Waals surface area (Å²) in [6.07, 6.45) is 0.223. The molecule has 136 valence electrons. The fourth-order valence-corrected chi connectivity index (χ4v) is 2.93. The van der Waals surface area contributed by atoms with Gasteiger partial charge in [0.1, 0.15) is 23.1 Å². The number of Topliss-reactive ketones (excluding diaryl/α,β-unsaturated/α-hetero) is 4. The van der Waals surface area contributed by atoms with E-state index in [4.69, 9.17) is 0 Å². The Morgan fingerprint density at radius 1 is 0.692 bits per heavy atom. The van der Waals surface area contributed by atoms with Gasteiger partial charge in [0, 0.05) is 12.8 Å². The molecule has 0 saturated heterocycles. The molecule has 6 heteroatoms. The van der Waals surface area contributed by atoms with Crippen molar-refractivity contribution in [2.24, 2.45) is 11.8 Å². The summed E-state index contributed by atoms with van der Waals surface area (Å²) in [6.45, 7) is 5.48. The van der Waals surface area contributed by atoms with E-state index >= 15 is 0 Å². The zero-order chi connectivity index (χ0) is 19.4. The highest BCUT2D eigenvalue weighted by molar-refractivity contribution is 6.01. The fourth-order valence-electron chi connectivity index (χ4n) is 2.93. The van der Waals surface area contributed by atoms with E-state index < -0.39 is 11.8 Å². The second-order valence-electron chi connectivity index (χ2n) is 6.56. The summed E-state index contributed by atoms with van der Waals surface area (Å²) >= 11 is 0. The number of rotatable bonds is 8. The number of ketones is 4. The van der Waals surface area contributed by atoms with Gasteiger partial charge in [-0.3, -0.25) is 19.2 Å². The zero-order valence-corrected chi connectivity index (χ0v) is 15.4. The monoisotopic (exact) mass is 354 g/mol. The molecule has 0 aliphatic carbocycles. The highest BCUT2D eigenvalue weighted by atomic mass is 16.2. The van der Waals surface area contributed by atoms with Crippen molar-refractivity contribution in [2.75, 3.05) is 0 Å². The molecule has 0 aliphatic rings. The van der Waals surface area contributed by atoms with Gasteiger partial charge in [0.05, 0.1) is 34.3 Å². The van der Waals surface area contributed by atoms with Gasteiger partial charge >= 0.3 is 0 Å². The van der Waals surface area contributed by atoms with E-state index in [1.807, 2.05) is 12.1 Å². The standard InChI is InChI=1S/C20H22N2O4/c1-11(23)15(12(2)24)9-19-20(10-16(13(3)25)14(4)26)22-18-8-6-5-7-17(18)21-19/h5-8,15-16H,9-10H2,1-4H3. The van der Waals surface area contributed by atoms with Gasteiger partial charge in [-0.2, -0.15) is 0 Å². The minimum absolute atomic E-state index is 0.111. The quantitative estimate of drug-likeness (QED) is 0.675. The maximum Gasteiger partial charge on any atom is 0.140 e. The summed E-state index contributed by atoms with van der Waals surface area (Å²) < 4.78 is 0. The lowest BCUT2D eigenvalue weighted by atomic mass is 9.90. The largest absolute Gasteiger partial charge is 0.299 e. The third kappa shape index (κ3) is 4.45. The van der Waals surface area contributed by atoms with E-state index in [2.05, 4.69) is 9.97 Å². The number of aromatic nitrogens is 2. The van der Waals surface area contributed by atoms with Crippen molar-refractivity contribution in [3.8, 4) is 0 Å². The van der Waals surface area contributed by atoms with E-state index in [0.717, 1.165) is 0 Å². The smallest absolute Gasteiger partial charge is 0.140 e. The molecule has 2 rings (SSSR count). The number of carbonyl (C=O) groups excluding carboxylic acids is 4. The van der Waals surface area contributed by atoms with Gasteiger partial charge in [0.15, 0.2) is 0 Å². The Labute approximate surface area is 152 Å². The molecule has 0 spiro atoms. The fraction of sp³-hybridized carbons (Fsp3) is 0.400. The number of carbonyl (C=O) groups is 4. The molecule has 1 aromatic heterocycles. The molecule has 0 fully saturated rings. The summed E-state index contributed by atoms with van der Waals surface area (Å²) in [5.74, 6) is -2.59. The van der Waals surface area contributed by atoms with Crippen LogP contribution in [0.2, 0.25) is 0 Å².